The van der Waals surface area contributed by atoms with Crippen molar-refractivity contribution >= 4 is 0 Å². The number of benzene rings is 2. The van der Waals surface area contributed by atoms with Crippen LogP contribution in [0.5, 0.6) is 0 Å². The van der Waals surface area contributed by atoms with Crippen LogP contribution in [-0.2, 0) is 24.9 Å². The minimum atomic E-state index is -0.0984. The zero-order valence-electron chi connectivity index (χ0n) is 13.8. The Morgan fingerprint density at radius 1 is 0.913 bits per heavy atom. The van der Waals surface area contributed by atoms with E-state index in [-0.39, 0.29) is 30.5 Å². The summed E-state index contributed by atoms with van der Waals surface area (Å²) in [5, 5.41) is 2.88. The maximum absolute atomic E-state index is 11.8. The normalized spacial score (nSPS) is 11.1. The van der Waals surface area contributed by atoms with Crippen molar-refractivity contribution in [3.8, 4) is 16.9 Å². The van der Waals surface area contributed by atoms with Gasteiger partial charge in [0.05, 0.1) is 11.4 Å². The second-order valence-electron chi connectivity index (χ2n) is 6.50. The molecule has 0 bridgehead atoms. The zero-order chi connectivity index (χ0) is 15.7. The third kappa shape index (κ3) is 3.70. The maximum atomic E-state index is 11.8. The summed E-state index contributed by atoms with van der Waals surface area (Å²) in [6.45, 7) is 6.57. The van der Waals surface area contributed by atoms with Crippen LogP contribution in [0.1, 0.15) is 26.3 Å². The van der Waals surface area contributed by atoms with E-state index >= 15 is 0 Å². The van der Waals surface area contributed by atoms with Crippen LogP contribution < -0.4 is 5.56 Å². The first-order chi connectivity index (χ1) is 10.4. The van der Waals surface area contributed by atoms with Gasteiger partial charge in [-0.2, -0.15) is 0 Å². The average Bonchev–Trinajstić information content (AvgIpc) is 2.89. The van der Waals surface area contributed by atoms with E-state index in [4.69, 9.17) is 0 Å². The molecule has 3 nitrogen and oxygen atoms in total. The van der Waals surface area contributed by atoms with Gasteiger partial charge in [0.2, 0.25) is 0 Å². The van der Waals surface area contributed by atoms with Crippen molar-refractivity contribution in [1.82, 2.24) is 9.78 Å². The van der Waals surface area contributed by atoms with Gasteiger partial charge in [-0.05, 0) is 23.1 Å². The van der Waals surface area contributed by atoms with Crippen LogP contribution >= 0.6 is 0 Å². The third-order valence-corrected chi connectivity index (χ3v) is 3.79. The van der Waals surface area contributed by atoms with Gasteiger partial charge in [0.25, 0.3) is 5.56 Å². The van der Waals surface area contributed by atoms with E-state index in [2.05, 4.69) is 38.0 Å². The molecule has 4 heteroatoms. The number of hydrogen-bond acceptors (Lipinski definition) is 1. The Bertz CT molecular complexity index is 824. The average molecular weight is 358 g/mol. The van der Waals surface area contributed by atoms with Gasteiger partial charge in [-0.1, -0.05) is 63.2 Å². The molecule has 0 unspecified atom stereocenters. The summed E-state index contributed by atoms with van der Waals surface area (Å²) >= 11 is 0. The van der Waals surface area contributed by atoms with Gasteiger partial charge < -0.3 is 0 Å². The smallest absolute Gasteiger partial charge is 0.265 e. The maximum Gasteiger partial charge on any atom is 0.265 e. The summed E-state index contributed by atoms with van der Waals surface area (Å²) in [6.07, 6.45) is 0. The Labute approximate surface area is 149 Å². The summed E-state index contributed by atoms with van der Waals surface area (Å²) in [7, 11) is 0. The fraction of sp³-hybridized carbons (Fsp3) is 0.211. The number of H-pyrrole nitrogens is 1. The molecule has 0 saturated heterocycles. The van der Waals surface area contributed by atoms with Crippen LogP contribution in [0.25, 0.3) is 16.9 Å². The first kappa shape index (κ1) is 17.4. The molecule has 0 amide bonds. The van der Waals surface area contributed by atoms with Gasteiger partial charge >= 0.3 is 0 Å². The Kier molecular flexibility index (Phi) is 5.06. The van der Waals surface area contributed by atoms with Crippen molar-refractivity contribution in [3.05, 3.63) is 76.6 Å². The first-order valence-corrected chi connectivity index (χ1v) is 7.43. The number of aromatic amines is 1. The van der Waals surface area contributed by atoms with E-state index in [0.717, 1.165) is 16.9 Å². The molecule has 0 aliphatic carbocycles. The van der Waals surface area contributed by atoms with Gasteiger partial charge in [-0.3, -0.25) is 14.6 Å². The van der Waals surface area contributed by atoms with Gasteiger partial charge in [0.15, 0.2) is 0 Å². The van der Waals surface area contributed by atoms with Crippen molar-refractivity contribution in [2.75, 3.05) is 0 Å². The van der Waals surface area contributed by atoms with E-state index < -0.39 is 0 Å². The van der Waals surface area contributed by atoms with E-state index in [1.54, 1.807) is 6.07 Å². The molecular weight excluding hydrogens is 338 g/mol. The van der Waals surface area contributed by atoms with E-state index in [1.165, 1.54) is 5.56 Å². The molecule has 3 aromatic rings. The molecule has 0 radical (unpaired) electrons. The molecule has 0 fully saturated rings. The summed E-state index contributed by atoms with van der Waals surface area (Å²) in [6, 6.07) is 19.9. The molecule has 1 aromatic heterocycles. The standard InChI is InChI=1S/C19H20N2O.Zn/c1-19(2,3)15-9-11-16(12-10-15)21-17(13-18(22)20-21)14-7-5-4-6-8-14;/h4-13H,1-3H3,(H,20,22);. The minimum Gasteiger partial charge on any atom is -0.268 e. The number of nitrogens with zero attached hydrogens (tertiary/aromatic N) is 1. The first-order valence-electron chi connectivity index (χ1n) is 7.43. The molecule has 23 heavy (non-hydrogen) atoms. The minimum absolute atomic E-state index is 0. The van der Waals surface area contributed by atoms with Crippen molar-refractivity contribution in [2.45, 2.75) is 26.2 Å². The predicted octanol–water partition coefficient (Wildman–Crippen LogP) is 4.13. The second kappa shape index (κ2) is 6.68. The summed E-state index contributed by atoms with van der Waals surface area (Å²) in [5.74, 6) is 0. The molecule has 0 saturated carbocycles. The molecule has 2 aromatic carbocycles. The number of rotatable bonds is 2. The molecule has 114 valence electrons. The SMILES string of the molecule is CC(C)(C)c1ccc(-n2[nH]c(=O)cc2-c2ccccc2)cc1.[Zn]. The number of nitrogens with one attached hydrogen (secondary N) is 1. The molecular formula is C19H20N2OZn. The quantitative estimate of drug-likeness (QED) is 0.688. The van der Waals surface area contributed by atoms with Gasteiger partial charge in [0.1, 0.15) is 0 Å². The summed E-state index contributed by atoms with van der Waals surface area (Å²) < 4.78 is 1.84. The summed E-state index contributed by atoms with van der Waals surface area (Å²) in [5.41, 5.74) is 4.12. The molecule has 1 N–H and O–H groups in total. The molecule has 3 rings (SSSR count). The van der Waals surface area contributed by atoms with Gasteiger partial charge in [0, 0.05) is 31.1 Å². The van der Waals surface area contributed by atoms with Crippen molar-refractivity contribution in [3.63, 3.8) is 0 Å². The van der Waals surface area contributed by atoms with E-state index in [0.29, 0.717) is 0 Å². The van der Waals surface area contributed by atoms with Crippen LogP contribution in [0.2, 0.25) is 0 Å². The fourth-order valence-electron chi connectivity index (χ4n) is 2.53. The van der Waals surface area contributed by atoms with Crippen LogP contribution in [0.15, 0.2) is 65.5 Å². The Morgan fingerprint density at radius 2 is 1.52 bits per heavy atom. The Morgan fingerprint density at radius 3 is 2.09 bits per heavy atom. The molecule has 0 spiro atoms. The second-order valence-corrected chi connectivity index (χ2v) is 6.50. The molecule has 0 atom stereocenters. The fourth-order valence-corrected chi connectivity index (χ4v) is 2.53. The van der Waals surface area contributed by atoms with Crippen LogP contribution in [-0.4, -0.2) is 9.78 Å². The topological polar surface area (TPSA) is 37.8 Å². The van der Waals surface area contributed by atoms with Crippen molar-refractivity contribution < 1.29 is 19.5 Å². The third-order valence-electron chi connectivity index (χ3n) is 3.79. The van der Waals surface area contributed by atoms with Crippen LogP contribution in [0.4, 0.5) is 0 Å². The largest absolute Gasteiger partial charge is 0.268 e. The van der Waals surface area contributed by atoms with Crippen molar-refractivity contribution in [2.24, 2.45) is 0 Å². The molecule has 0 aliphatic heterocycles. The van der Waals surface area contributed by atoms with Gasteiger partial charge in [-0.25, -0.2) is 0 Å². The zero-order valence-corrected chi connectivity index (χ0v) is 16.8. The predicted molar refractivity (Wildman–Crippen MR) is 90.5 cm³/mol. The summed E-state index contributed by atoms with van der Waals surface area (Å²) in [4.78, 5) is 11.8. The Balaban J connectivity index is 0.00000192. The van der Waals surface area contributed by atoms with E-state index in [1.807, 2.05) is 47.1 Å². The van der Waals surface area contributed by atoms with Gasteiger partial charge in [-0.15, -0.1) is 0 Å². The van der Waals surface area contributed by atoms with Crippen molar-refractivity contribution in [1.29, 1.82) is 0 Å². The molecule has 1 heterocycles. The number of aromatic nitrogens is 2. The number of hydrogen-bond donors (Lipinski definition) is 1. The van der Waals surface area contributed by atoms with Crippen LogP contribution in [0.3, 0.4) is 0 Å². The Hall–Kier alpha value is -1.93. The van der Waals surface area contributed by atoms with E-state index in [9.17, 15) is 4.79 Å². The monoisotopic (exact) mass is 356 g/mol. The van der Waals surface area contributed by atoms with Crippen LogP contribution in [0, 0.1) is 0 Å². The molecule has 0 aliphatic rings.